The van der Waals surface area contributed by atoms with Gasteiger partial charge in [0, 0.05) is 17.6 Å². The Bertz CT molecular complexity index is 93.1. The Morgan fingerprint density at radius 1 is 1.89 bits per heavy atom. The summed E-state index contributed by atoms with van der Waals surface area (Å²) in [5, 5.41) is 11.7. The van der Waals surface area contributed by atoms with E-state index in [0.29, 0.717) is 13.1 Å². The van der Waals surface area contributed by atoms with Gasteiger partial charge in [0.05, 0.1) is 6.10 Å². The molecule has 0 aromatic rings. The lowest BCUT2D eigenvalue weighted by molar-refractivity contribution is 0.193. The predicted octanol–water partition coefficient (Wildman–Crippen LogP) is 0.865. The second-order valence-electron chi connectivity index (χ2n) is 2.00. The second kappa shape index (κ2) is 4.97. The number of aliphatic hydroxyl groups is 1. The highest BCUT2D eigenvalue weighted by Gasteiger charge is 1.92. The van der Waals surface area contributed by atoms with Crippen LogP contribution in [0.4, 0.5) is 0 Å². The van der Waals surface area contributed by atoms with Crippen LogP contribution in [0.15, 0.2) is 11.1 Å². The molecule has 0 aromatic carbocycles. The molecule has 0 aliphatic rings. The van der Waals surface area contributed by atoms with Crippen LogP contribution in [0.1, 0.15) is 6.92 Å². The summed E-state index contributed by atoms with van der Waals surface area (Å²) in [4.78, 5) is 0. The maximum Gasteiger partial charge on any atom is 0.0636 e. The van der Waals surface area contributed by atoms with E-state index >= 15 is 0 Å². The Balaban J connectivity index is 3.01. The van der Waals surface area contributed by atoms with Gasteiger partial charge >= 0.3 is 0 Å². The van der Waals surface area contributed by atoms with Gasteiger partial charge in [-0.2, -0.15) is 0 Å². The average Bonchev–Trinajstić information content (AvgIpc) is 1.63. The molecule has 1 atom stereocenters. The summed E-state index contributed by atoms with van der Waals surface area (Å²) in [6, 6.07) is 0. The third kappa shape index (κ3) is 8.14. The summed E-state index contributed by atoms with van der Waals surface area (Å²) in [6.45, 7) is 6.69. The molecule has 0 aliphatic carbocycles. The van der Waals surface area contributed by atoms with Crippen molar-refractivity contribution in [3.63, 3.8) is 0 Å². The maximum absolute atomic E-state index is 8.76. The van der Waals surface area contributed by atoms with Crippen LogP contribution in [-0.4, -0.2) is 24.3 Å². The summed E-state index contributed by atoms with van der Waals surface area (Å²) >= 11 is 3.19. The van der Waals surface area contributed by atoms with Crippen LogP contribution in [0.3, 0.4) is 0 Å². The largest absolute Gasteiger partial charge is 0.392 e. The molecule has 1 unspecified atom stereocenters. The van der Waals surface area contributed by atoms with Crippen molar-refractivity contribution in [3.05, 3.63) is 11.1 Å². The van der Waals surface area contributed by atoms with Gasteiger partial charge in [0.25, 0.3) is 0 Å². The number of rotatable bonds is 4. The number of halogens is 1. The van der Waals surface area contributed by atoms with Crippen LogP contribution in [0.5, 0.6) is 0 Å². The summed E-state index contributed by atoms with van der Waals surface area (Å²) in [5.74, 6) is 0. The second-order valence-corrected chi connectivity index (χ2v) is 3.12. The topological polar surface area (TPSA) is 32.3 Å². The summed E-state index contributed by atoms with van der Waals surface area (Å²) in [6.07, 6.45) is -0.281. The number of nitrogens with one attached hydrogen (secondary N) is 1. The molecule has 0 aliphatic heterocycles. The third-order valence-electron chi connectivity index (χ3n) is 0.757. The molecule has 0 radical (unpaired) electrons. The van der Waals surface area contributed by atoms with E-state index in [0.717, 1.165) is 4.48 Å². The first-order valence-electron chi connectivity index (χ1n) is 2.85. The Kier molecular flexibility index (Phi) is 5.04. The first-order chi connectivity index (χ1) is 4.13. The molecular weight excluding hydrogens is 182 g/mol. The first kappa shape index (κ1) is 9.14. The van der Waals surface area contributed by atoms with E-state index in [4.69, 9.17) is 5.11 Å². The highest BCUT2D eigenvalue weighted by Crippen LogP contribution is 1.96. The summed E-state index contributed by atoms with van der Waals surface area (Å²) in [5.41, 5.74) is 0. The van der Waals surface area contributed by atoms with Crippen LogP contribution in [0.2, 0.25) is 0 Å². The molecule has 0 aromatic heterocycles. The standard InChI is InChI=1S/C6H12BrNO/c1-5(7)3-8-4-6(2)9/h6,8-9H,1,3-4H2,2H3. The van der Waals surface area contributed by atoms with Crippen LogP contribution < -0.4 is 5.32 Å². The zero-order valence-electron chi connectivity index (χ0n) is 5.52. The maximum atomic E-state index is 8.76. The van der Waals surface area contributed by atoms with Crippen LogP contribution in [0.25, 0.3) is 0 Å². The van der Waals surface area contributed by atoms with Crippen LogP contribution in [0, 0.1) is 0 Å². The van der Waals surface area contributed by atoms with Gasteiger partial charge in [-0.3, -0.25) is 0 Å². The van der Waals surface area contributed by atoms with Crippen molar-refractivity contribution in [1.29, 1.82) is 0 Å². The molecule has 0 heterocycles. The van der Waals surface area contributed by atoms with Crippen molar-refractivity contribution in [3.8, 4) is 0 Å². The van der Waals surface area contributed by atoms with Crippen molar-refractivity contribution in [2.45, 2.75) is 13.0 Å². The molecular formula is C6H12BrNO. The lowest BCUT2D eigenvalue weighted by atomic mass is 10.4. The number of hydrogen-bond donors (Lipinski definition) is 2. The lowest BCUT2D eigenvalue weighted by Crippen LogP contribution is -2.25. The predicted molar refractivity (Wildman–Crippen MR) is 42.6 cm³/mol. The van der Waals surface area contributed by atoms with Crippen molar-refractivity contribution in [2.24, 2.45) is 0 Å². The molecule has 2 N–H and O–H groups in total. The quantitative estimate of drug-likeness (QED) is 0.695. The van der Waals surface area contributed by atoms with Gasteiger partial charge in [0.2, 0.25) is 0 Å². The van der Waals surface area contributed by atoms with Crippen molar-refractivity contribution >= 4 is 15.9 Å². The van der Waals surface area contributed by atoms with Gasteiger partial charge in [0.15, 0.2) is 0 Å². The Hall–Kier alpha value is 0.140. The number of aliphatic hydroxyl groups excluding tert-OH is 1. The fourth-order valence-electron chi connectivity index (χ4n) is 0.417. The van der Waals surface area contributed by atoms with Gasteiger partial charge in [0.1, 0.15) is 0 Å². The van der Waals surface area contributed by atoms with Gasteiger partial charge in [-0.15, -0.1) is 0 Å². The van der Waals surface area contributed by atoms with E-state index in [1.807, 2.05) is 0 Å². The first-order valence-corrected chi connectivity index (χ1v) is 3.64. The number of hydrogen-bond acceptors (Lipinski definition) is 2. The zero-order valence-corrected chi connectivity index (χ0v) is 7.11. The van der Waals surface area contributed by atoms with Crippen LogP contribution in [-0.2, 0) is 0 Å². The summed E-state index contributed by atoms with van der Waals surface area (Å²) < 4.78 is 0.906. The Morgan fingerprint density at radius 2 is 2.44 bits per heavy atom. The van der Waals surface area contributed by atoms with E-state index in [1.165, 1.54) is 0 Å². The van der Waals surface area contributed by atoms with Crippen molar-refractivity contribution in [1.82, 2.24) is 5.32 Å². The molecule has 9 heavy (non-hydrogen) atoms. The molecule has 0 saturated heterocycles. The Morgan fingerprint density at radius 3 is 2.78 bits per heavy atom. The van der Waals surface area contributed by atoms with Gasteiger partial charge in [-0.05, 0) is 6.92 Å². The molecule has 3 heteroatoms. The van der Waals surface area contributed by atoms with Crippen molar-refractivity contribution in [2.75, 3.05) is 13.1 Å². The Labute approximate surface area is 64.1 Å². The average molecular weight is 194 g/mol. The van der Waals surface area contributed by atoms with E-state index in [9.17, 15) is 0 Å². The molecule has 2 nitrogen and oxygen atoms in total. The monoisotopic (exact) mass is 193 g/mol. The molecule has 54 valence electrons. The molecule has 0 fully saturated rings. The third-order valence-corrected chi connectivity index (χ3v) is 1.04. The normalized spacial score (nSPS) is 13.2. The molecule has 0 amide bonds. The van der Waals surface area contributed by atoms with Gasteiger partial charge < -0.3 is 10.4 Å². The van der Waals surface area contributed by atoms with Crippen LogP contribution >= 0.6 is 15.9 Å². The van der Waals surface area contributed by atoms with E-state index in [2.05, 4.69) is 27.8 Å². The van der Waals surface area contributed by atoms with E-state index < -0.39 is 0 Å². The molecule has 0 rings (SSSR count). The smallest absolute Gasteiger partial charge is 0.0636 e. The van der Waals surface area contributed by atoms with E-state index in [1.54, 1.807) is 6.92 Å². The minimum absolute atomic E-state index is 0.281. The van der Waals surface area contributed by atoms with Crippen molar-refractivity contribution < 1.29 is 5.11 Å². The molecule has 0 bridgehead atoms. The highest BCUT2D eigenvalue weighted by molar-refractivity contribution is 9.11. The molecule has 0 saturated carbocycles. The lowest BCUT2D eigenvalue weighted by Gasteiger charge is -2.04. The van der Waals surface area contributed by atoms with E-state index in [-0.39, 0.29) is 6.10 Å². The fraction of sp³-hybridized carbons (Fsp3) is 0.667. The highest BCUT2D eigenvalue weighted by atomic mass is 79.9. The summed E-state index contributed by atoms with van der Waals surface area (Å²) in [7, 11) is 0. The minimum atomic E-state index is -0.281. The molecule has 0 spiro atoms. The zero-order chi connectivity index (χ0) is 7.28. The SMILES string of the molecule is C=C(Br)CNCC(C)O. The van der Waals surface area contributed by atoms with Gasteiger partial charge in [-0.25, -0.2) is 0 Å². The minimum Gasteiger partial charge on any atom is -0.392 e. The fourth-order valence-corrected chi connectivity index (χ4v) is 0.615. The van der Waals surface area contributed by atoms with Gasteiger partial charge in [-0.1, -0.05) is 22.5 Å².